The van der Waals surface area contributed by atoms with Crippen molar-refractivity contribution in [3.63, 3.8) is 0 Å². The summed E-state index contributed by atoms with van der Waals surface area (Å²) in [5.74, 6) is -1.30. The minimum atomic E-state index is -1.13. The van der Waals surface area contributed by atoms with Crippen molar-refractivity contribution >= 4 is 11.9 Å². The van der Waals surface area contributed by atoms with Gasteiger partial charge in [-0.25, -0.2) is 0 Å². The maximum atomic E-state index is 12.8. The molecule has 6 heteroatoms. The molecule has 0 aliphatic heterocycles. The fourth-order valence-electron chi connectivity index (χ4n) is 3.24. The van der Waals surface area contributed by atoms with Gasteiger partial charge >= 0.3 is 5.97 Å². The summed E-state index contributed by atoms with van der Waals surface area (Å²) in [6.45, 7) is 5.76. The molecular weight excluding hydrogens is 308 g/mol. The van der Waals surface area contributed by atoms with Crippen molar-refractivity contribution in [3.05, 3.63) is 33.2 Å². The van der Waals surface area contributed by atoms with Gasteiger partial charge in [-0.1, -0.05) is 19.3 Å². The molecule has 1 fully saturated rings. The molecule has 0 aromatic carbocycles. The molecular formula is C18H26N2O4. The van der Waals surface area contributed by atoms with Crippen LogP contribution in [0.25, 0.3) is 0 Å². The number of carbonyl (C=O) groups excluding carboxylic acids is 1. The average molecular weight is 334 g/mol. The van der Waals surface area contributed by atoms with Gasteiger partial charge in [-0.05, 0) is 51.2 Å². The summed E-state index contributed by atoms with van der Waals surface area (Å²) in [5, 5.41) is 11.3. The minimum Gasteiger partial charge on any atom is -0.480 e. The number of carbonyl (C=O) groups is 2. The number of carboxylic acid groups (broad SMARTS) is 1. The maximum Gasteiger partial charge on any atom is 0.325 e. The van der Waals surface area contributed by atoms with E-state index in [1.54, 1.807) is 10.6 Å². The molecule has 1 aliphatic rings. The van der Waals surface area contributed by atoms with Crippen LogP contribution in [-0.4, -0.2) is 27.6 Å². The third kappa shape index (κ3) is 4.04. The zero-order chi connectivity index (χ0) is 17.9. The number of amides is 1. The molecule has 2 N–H and O–H groups in total. The highest BCUT2D eigenvalue weighted by Gasteiger charge is 2.22. The Morgan fingerprint density at radius 2 is 1.92 bits per heavy atom. The van der Waals surface area contributed by atoms with Gasteiger partial charge in [0, 0.05) is 12.2 Å². The lowest BCUT2D eigenvalue weighted by Crippen LogP contribution is -2.42. The number of aromatic nitrogens is 1. The molecule has 24 heavy (non-hydrogen) atoms. The average Bonchev–Trinajstić information content (AvgIpc) is 2.55. The summed E-state index contributed by atoms with van der Waals surface area (Å²) in [6.07, 6.45) is 5.84. The van der Waals surface area contributed by atoms with Crippen LogP contribution in [0, 0.1) is 19.8 Å². The molecule has 0 spiro atoms. The molecule has 132 valence electrons. The Morgan fingerprint density at radius 1 is 1.29 bits per heavy atom. The number of pyridine rings is 1. The minimum absolute atomic E-state index is 0.0157. The van der Waals surface area contributed by atoms with Crippen LogP contribution in [-0.2, 0) is 11.3 Å². The van der Waals surface area contributed by atoms with Gasteiger partial charge in [0.25, 0.3) is 11.5 Å². The Morgan fingerprint density at radius 3 is 2.50 bits per heavy atom. The Labute approximate surface area is 141 Å². The lowest BCUT2D eigenvalue weighted by atomic mass is 9.89. The second-order valence-corrected chi connectivity index (χ2v) is 6.78. The van der Waals surface area contributed by atoms with Gasteiger partial charge in [-0.3, -0.25) is 14.4 Å². The van der Waals surface area contributed by atoms with Gasteiger partial charge in [0.1, 0.15) is 11.6 Å². The number of hydrogen-bond donors (Lipinski definition) is 2. The van der Waals surface area contributed by atoms with Crippen LogP contribution >= 0.6 is 0 Å². The summed E-state index contributed by atoms with van der Waals surface area (Å²) < 4.78 is 1.69. The first-order valence-corrected chi connectivity index (χ1v) is 8.56. The second kappa shape index (κ2) is 7.64. The predicted molar refractivity (Wildman–Crippen MR) is 91.3 cm³/mol. The molecule has 1 aromatic rings. The van der Waals surface area contributed by atoms with Crippen LogP contribution in [0.5, 0.6) is 0 Å². The van der Waals surface area contributed by atoms with E-state index in [-0.39, 0.29) is 11.1 Å². The molecule has 0 saturated heterocycles. The first-order chi connectivity index (χ1) is 11.3. The fraction of sp³-hybridized carbons (Fsp3) is 0.611. The lowest BCUT2D eigenvalue weighted by Gasteiger charge is -2.24. The fourth-order valence-corrected chi connectivity index (χ4v) is 3.24. The molecule has 1 heterocycles. The van der Waals surface area contributed by atoms with Gasteiger partial charge in [0.05, 0.1) is 0 Å². The van der Waals surface area contributed by atoms with Crippen LogP contribution < -0.4 is 10.9 Å². The smallest absolute Gasteiger partial charge is 0.325 e. The molecule has 1 aliphatic carbocycles. The van der Waals surface area contributed by atoms with E-state index < -0.39 is 17.9 Å². The van der Waals surface area contributed by atoms with Crippen LogP contribution in [0.2, 0.25) is 0 Å². The van der Waals surface area contributed by atoms with Crippen molar-refractivity contribution < 1.29 is 14.7 Å². The summed E-state index contributed by atoms with van der Waals surface area (Å²) in [7, 11) is 0. The monoisotopic (exact) mass is 334 g/mol. The summed E-state index contributed by atoms with van der Waals surface area (Å²) in [4.78, 5) is 36.0. The zero-order valence-corrected chi connectivity index (χ0v) is 14.6. The van der Waals surface area contributed by atoms with Crippen molar-refractivity contribution in [3.8, 4) is 0 Å². The molecule has 1 atom stereocenters. The van der Waals surface area contributed by atoms with E-state index in [9.17, 15) is 14.4 Å². The SMILES string of the molecule is Cc1cc(C(=O)N[C@@H](C)C(=O)O)c(=O)n(CC2CCCCC2)c1C. The second-order valence-electron chi connectivity index (χ2n) is 6.78. The van der Waals surface area contributed by atoms with Crippen molar-refractivity contribution in [2.75, 3.05) is 0 Å². The number of rotatable bonds is 5. The first-order valence-electron chi connectivity index (χ1n) is 8.56. The molecule has 2 rings (SSSR count). The van der Waals surface area contributed by atoms with E-state index in [2.05, 4.69) is 5.32 Å². The normalized spacial score (nSPS) is 16.6. The molecule has 1 saturated carbocycles. The van der Waals surface area contributed by atoms with Gasteiger partial charge < -0.3 is 15.0 Å². The molecule has 6 nitrogen and oxygen atoms in total. The largest absolute Gasteiger partial charge is 0.480 e. The van der Waals surface area contributed by atoms with E-state index in [4.69, 9.17) is 5.11 Å². The highest BCUT2D eigenvalue weighted by Crippen LogP contribution is 2.25. The van der Waals surface area contributed by atoms with Crippen molar-refractivity contribution in [2.24, 2.45) is 5.92 Å². The van der Waals surface area contributed by atoms with E-state index in [0.717, 1.165) is 24.1 Å². The summed E-state index contributed by atoms with van der Waals surface area (Å²) in [6, 6.07) is 0.518. The number of aliphatic carboxylic acids is 1. The molecule has 1 amide bonds. The van der Waals surface area contributed by atoms with Gasteiger partial charge in [0.15, 0.2) is 0 Å². The van der Waals surface area contributed by atoms with E-state index in [1.807, 2.05) is 13.8 Å². The van der Waals surface area contributed by atoms with Gasteiger partial charge in [-0.2, -0.15) is 0 Å². The quantitative estimate of drug-likeness (QED) is 0.864. The summed E-state index contributed by atoms with van der Waals surface area (Å²) >= 11 is 0. The Hall–Kier alpha value is -2.11. The van der Waals surface area contributed by atoms with Gasteiger partial charge in [0.2, 0.25) is 0 Å². The predicted octanol–water partition coefficient (Wildman–Crippen LogP) is 2.25. The highest BCUT2D eigenvalue weighted by molar-refractivity contribution is 5.96. The van der Waals surface area contributed by atoms with E-state index >= 15 is 0 Å². The van der Waals surface area contributed by atoms with E-state index in [0.29, 0.717) is 12.5 Å². The Kier molecular flexibility index (Phi) is 5.80. The molecule has 0 unspecified atom stereocenters. The van der Waals surface area contributed by atoms with Crippen molar-refractivity contribution in [1.82, 2.24) is 9.88 Å². The Bertz CT molecular complexity index is 687. The molecule has 1 aromatic heterocycles. The Balaban J connectivity index is 2.31. The standard InChI is InChI=1S/C18H26N2O4/c1-11-9-15(16(21)19-12(2)18(23)24)17(22)20(13(11)3)10-14-7-5-4-6-8-14/h9,12,14H,4-8,10H2,1-3H3,(H,19,21)(H,23,24)/t12-/m0/s1. The van der Waals surface area contributed by atoms with Crippen LogP contribution in [0.15, 0.2) is 10.9 Å². The van der Waals surface area contributed by atoms with Gasteiger partial charge in [-0.15, -0.1) is 0 Å². The van der Waals surface area contributed by atoms with Crippen LogP contribution in [0.4, 0.5) is 0 Å². The van der Waals surface area contributed by atoms with Crippen LogP contribution in [0.1, 0.15) is 60.6 Å². The first kappa shape index (κ1) is 18.2. The topological polar surface area (TPSA) is 88.4 Å². The van der Waals surface area contributed by atoms with E-state index in [1.165, 1.54) is 26.2 Å². The van der Waals surface area contributed by atoms with Crippen molar-refractivity contribution in [2.45, 2.75) is 65.5 Å². The highest BCUT2D eigenvalue weighted by atomic mass is 16.4. The number of hydrogen-bond acceptors (Lipinski definition) is 3. The number of nitrogens with one attached hydrogen (secondary N) is 1. The maximum absolute atomic E-state index is 12.8. The lowest BCUT2D eigenvalue weighted by molar-refractivity contribution is -0.138. The molecule has 0 bridgehead atoms. The van der Waals surface area contributed by atoms with Crippen LogP contribution in [0.3, 0.4) is 0 Å². The zero-order valence-electron chi connectivity index (χ0n) is 14.6. The number of aryl methyl sites for hydroxylation is 1. The molecule has 0 radical (unpaired) electrons. The third-order valence-electron chi connectivity index (χ3n) is 4.94. The number of nitrogens with zero attached hydrogens (tertiary/aromatic N) is 1. The third-order valence-corrected chi connectivity index (χ3v) is 4.94. The number of carboxylic acids is 1. The summed E-state index contributed by atoms with van der Waals surface area (Å²) in [5.41, 5.74) is 1.41. The van der Waals surface area contributed by atoms with Crippen molar-refractivity contribution in [1.29, 1.82) is 0 Å².